The Morgan fingerprint density at radius 1 is 1.20 bits per heavy atom. The van der Waals surface area contributed by atoms with Crippen LogP contribution in [0.4, 0.5) is 5.82 Å². The number of nitrogens with zero attached hydrogens (tertiary/aromatic N) is 2. The Kier molecular flexibility index (Phi) is 3.41. The Morgan fingerprint density at radius 3 is 2.35 bits per heavy atom. The number of ether oxygens (including phenoxy) is 2. The first kappa shape index (κ1) is 13.7. The maximum Gasteiger partial charge on any atom is 0.239 e. The highest BCUT2D eigenvalue weighted by Crippen LogP contribution is 2.32. The number of aromatic nitrogens is 1. The molecule has 1 spiro atoms. The summed E-state index contributed by atoms with van der Waals surface area (Å²) in [5.41, 5.74) is 0. The largest absolute Gasteiger partial charge is 0.356 e. The zero-order valence-corrected chi connectivity index (χ0v) is 11.8. The van der Waals surface area contributed by atoms with Crippen molar-refractivity contribution in [1.82, 2.24) is 4.98 Å². The van der Waals surface area contributed by atoms with Gasteiger partial charge < -0.3 is 14.4 Å². The minimum Gasteiger partial charge on any atom is -0.356 e. The van der Waals surface area contributed by atoms with Crippen LogP contribution >= 0.6 is 0 Å². The van der Waals surface area contributed by atoms with E-state index < -0.39 is 15.8 Å². The van der Waals surface area contributed by atoms with Gasteiger partial charge in [0.05, 0.1) is 13.2 Å². The molecule has 0 atom stereocenters. The van der Waals surface area contributed by atoms with Crippen LogP contribution in [0.2, 0.25) is 0 Å². The van der Waals surface area contributed by atoms with Crippen LogP contribution in [0.15, 0.2) is 23.2 Å². The lowest BCUT2D eigenvalue weighted by molar-refractivity contribution is -0.169. The average Bonchev–Trinajstić information content (AvgIpc) is 2.87. The lowest BCUT2D eigenvalue weighted by atomic mass is 10.0. The summed E-state index contributed by atoms with van der Waals surface area (Å²) in [6, 6.07) is 3.15. The molecule has 3 heterocycles. The number of hydrogen-bond donors (Lipinski definition) is 1. The van der Waals surface area contributed by atoms with Crippen LogP contribution in [0.25, 0.3) is 0 Å². The van der Waals surface area contributed by atoms with Gasteiger partial charge in [0, 0.05) is 32.1 Å². The van der Waals surface area contributed by atoms with Crippen molar-refractivity contribution in [2.75, 3.05) is 31.2 Å². The molecule has 0 aromatic carbocycles. The second-order valence-corrected chi connectivity index (χ2v) is 6.55. The van der Waals surface area contributed by atoms with E-state index in [1.54, 1.807) is 6.07 Å². The molecule has 0 radical (unpaired) electrons. The second kappa shape index (κ2) is 4.96. The summed E-state index contributed by atoms with van der Waals surface area (Å²) in [6.07, 6.45) is 2.86. The van der Waals surface area contributed by atoms with E-state index in [-0.39, 0.29) is 4.90 Å². The smallest absolute Gasteiger partial charge is 0.239 e. The van der Waals surface area contributed by atoms with E-state index >= 15 is 0 Å². The number of nitrogens with two attached hydrogens (primary N) is 1. The molecule has 0 saturated carbocycles. The van der Waals surface area contributed by atoms with Crippen molar-refractivity contribution in [1.29, 1.82) is 0 Å². The normalized spacial score (nSPS) is 22.4. The van der Waals surface area contributed by atoms with Crippen LogP contribution in [0.1, 0.15) is 12.8 Å². The average molecular weight is 299 g/mol. The van der Waals surface area contributed by atoms with E-state index in [2.05, 4.69) is 9.88 Å². The quantitative estimate of drug-likeness (QED) is 0.830. The molecule has 20 heavy (non-hydrogen) atoms. The number of rotatable bonds is 2. The third-order valence-corrected chi connectivity index (χ3v) is 4.61. The molecule has 0 aliphatic carbocycles. The highest BCUT2D eigenvalue weighted by molar-refractivity contribution is 7.89. The summed E-state index contributed by atoms with van der Waals surface area (Å²) >= 11 is 0. The molecule has 2 N–H and O–H groups in total. The zero-order chi connectivity index (χ0) is 14.2. The molecule has 2 aliphatic heterocycles. The number of sulfonamides is 1. The van der Waals surface area contributed by atoms with Crippen molar-refractivity contribution in [3.63, 3.8) is 0 Å². The first-order valence-electron chi connectivity index (χ1n) is 6.50. The molecule has 2 fully saturated rings. The fourth-order valence-electron chi connectivity index (χ4n) is 2.59. The maximum absolute atomic E-state index is 11.2. The summed E-state index contributed by atoms with van der Waals surface area (Å²) < 4.78 is 33.7. The molecular formula is C12H17N3O4S. The van der Waals surface area contributed by atoms with Crippen molar-refractivity contribution >= 4 is 15.8 Å². The third-order valence-electron chi connectivity index (χ3n) is 3.71. The van der Waals surface area contributed by atoms with Crippen molar-refractivity contribution in [3.05, 3.63) is 18.3 Å². The van der Waals surface area contributed by atoms with Crippen molar-refractivity contribution < 1.29 is 17.9 Å². The van der Waals surface area contributed by atoms with Crippen LogP contribution in [0.3, 0.4) is 0 Å². The Hall–Kier alpha value is -1.22. The molecule has 0 amide bonds. The minimum absolute atomic E-state index is 0.0252. The Bertz CT molecular complexity index is 571. The van der Waals surface area contributed by atoms with Gasteiger partial charge in [-0.3, -0.25) is 0 Å². The van der Waals surface area contributed by atoms with Gasteiger partial charge in [-0.1, -0.05) is 0 Å². The predicted octanol–water partition coefficient (Wildman–Crippen LogP) is 0.0723. The van der Waals surface area contributed by atoms with Crippen LogP contribution in [-0.2, 0) is 19.5 Å². The maximum atomic E-state index is 11.2. The molecule has 8 heteroatoms. The number of primary sulfonamides is 1. The molecule has 110 valence electrons. The SMILES string of the molecule is NS(=O)(=O)c1ccc(N2CCC3(CC2)OCCO3)nc1. The molecule has 7 nitrogen and oxygen atoms in total. The number of hydrogen-bond acceptors (Lipinski definition) is 6. The van der Waals surface area contributed by atoms with Crippen molar-refractivity contribution in [2.45, 2.75) is 23.5 Å². The minimum atomic E-state index is -3.69. The Balaban J connectivity index is 1.69. The molecule has 3 rings (SSSR count). The molecular weight excluding hydrogens is 282 g/mol. The van der Waals surface area contributed by atoms with Crippen molar-refractivity contribution in [3.8, 4) is 0 Å². The van der Waals surface area contributed by atoms with Gasteiger partial charge in [-0.2, -0.15) is 0 Å². The second-order valence-electron chi connectivity index (χ2n) is 4.99. The van der Waals surface area contributed by atoms with Gasteiger partial charge >= 0.3 is 0 Å². The Labute approximate surface area is 117 Å². The van der Waals surface area contributed by atoms with Gasteiger partial charge in [0.15, 0.2) is 5.79 Å². The molecule has 0 unspecified atom stereocenters. The van der Waals surface area contributed by atoms with E-state index in [9.17, 15) is 8.42 Å². The fourth-order valence-corrected chi connectivity index (χ4v) is 3.05. The lowest BCUT2D eigenvalue weighted by Gasteiger charge is -2.38. The number of piperidine rings is 1. The zero-order valence-electron chi connectivity index (χ0n) is 11.0. The molecule has 2 aliphatic rings. The van der Waals surface area contributed by atoms with Gasteiger partial charge in [-0.25, -0.2) is 18.5 Å². The predicted molar refractivity (Wildman–Crippen MR) is 71.7 cm³/mol. The molecule has 2 saturated heterocycles. The Morgan fingerprint density at radius 2 is 1.85 bits per heavy atom. The van der Waals surface area contributed by atoms with Gasteiger partial charge in [0.2, 0.25) is 10.0 Å². The van der Waals surface area contributed by atoms with Gasteiger partial charge in [-0.05, 0) is 12.1 Å². The number of anilines is 1. The summed E-state index contributed by atoms with van der Waals surface area (Å²) in [5.74, 6) is 0.321. The summed E-state index contributed by atoms with van der Waals surface area (Å²) in [4.78, 5) is 6.28. The van der Waals surface area contributed by atoms with Crippen molar-refractivity contribution in [2.24, 2.45) is 5.14 Å². The van der Waals surface area contributed by atoms with Gasteiger partial charge in [0.1, 0.15) is 10.7 Å². The van der Waals surface area contributed by atoms with Crippen LogP contribution < -0.4 is 10.0 Å². The molecule has 1 aromatic rings. The van der Waals surface area contributed by atoms with Crippen LogP contribution in [0, 0.1) is 0 Å². The first-order chi connectivity index (χ1) is 9.49. The monoisotopic (exact) mass is 299 g/mol. The summed E-state index contributed by atoms with van der Waals surface area (Å²) in [6.45, 7) is 2.84. The van der Waals surface area contributed by atoms with E-state index in [0.717, 1.165) is 31.7 Å². The number of pyridine rings is 1. The lowest BCUT2D eigenvalue weighted by Crippen LogP contribution is -2.45. The summed E-state index contributed by atoms with van der Waals surface area (Å²) in [7, 11) is -3.69. The highest BCUT2D eigenvalue weighted by atomic mass is 32.2. The molecule has 1 aromatic heterocycles. The molecule has 0 bridgehead atoms. The van der Waals surface area contributed by atoms with Gasteiger partial charge in [-0.15, -0.1) is 0 Å². The van der Waals surface area contributed by atoms with E-state index in [0.29, 0.717) is 13.2 Å². The van der Waals surface area contributed by atoms with E-state index in [1.165, 1.54) is 12.3 Å². The summed E-state index contributed by atoms with van der Waals surface area (Å²) in [5, 5.41) is 5.05. The fraction of sp³-hybridized carbons (Fsp3) is 0.583. The van der Waals surface area contributed by atoms with Gasteiger partial charge in [0.25, 0.3) is 0 Å². The van der Waals surface area contributed by atoms with E-state index in [1.807, 2.05) is 0 Å². The van der Waals surface area contributed by atoms with Crippen LogP contribution in [-0.4, -0.2) is 45.5 Å². The third kappa shape index (κ3) is 2.64. The topological polar surface area (TPSA) is 94.8 Å². The highest BCUT2D eigenvalue weighted by Gasteiger charge is 2.39. The van der Waals surface area contributed by atoms with Crippen LogP contribution in [0.5, 0.6) is 0 Å². The van der Waals surface area contributed by atoms with E-state index in [4.69, 9.17) is 14.6 Å². The standard InChI is InChI=1S/C12H17N3O4S/c13-20(16,17)10-1-2-11(14-9-10)15-5-3-12(4-6-15)18-7-8-19-12/h1-2,9H,3-8H2,(H2,13,16,17). The first-order valence-corrected chi connectivity index (χ1v) is 8.05.